The average Bonchev–Trinajstić information content (AvgIpc) is 3.00. The summed E-state index contributed by atoms with van der Waals surface area (Å²) in [6.07, 6.45) is 4.89. The van der Waals surface area contributed by atoms with Gasteiger partial charge in [0.15, 0.2) is 0 Å². The highest BCUT2D eigenvalue weighted by molar-refractivity contribution is 5.93. The van der Waals surface area contributed by atoms with Crippen LogP contribution in [0.1, 0.15) is 37.8 Å². The average molecular weight is 281 g/mol. The van der Waals surface area contributed by atoms with Gasteiger partial charge in [-0.3, -0.25) is 4.79 Å². The maximum absolute atomic E-state index is 12.1. The summed E-state index contributed by atoms with van der Waals surface area (Å²) in [6, 6.07) is 10.1. The molecule has 1 unspecified atom stereocenters. The molecule has 2 aliphatic rings. The fraction of sp³-hybridized carbons (Fsp3) is 0.444. The standard InChI is InChI=1S/C18H19NO2/c1-12-7-8-13-5-4-6-14(17(13)19-12)21-16-11-15(20)18(16)9-2-3-10-18/h4-8,16H,2-3,9-11H2,1H3. The first-order chi connectivity index (χ1) is 10.2. The van der Waals surface area contributed by atoms with Crippen molar-refractivity contribution in [1.82, 2.24) is 4.98 Å². The fourth-order valence-electron chi connectivity index (χ4n) is 3.84. The Labute approximate surface area is 124 Å². The first kappa shape index (κ1) is 12.8. The third-order valence-electron chi connectivity index (χ3n) is 5.13. The molecular formula is C18H19NO2. The first-order valence-corrected chi connectivity index (χ1v) is 7.75. The molecule has 2 aliphatic carbocycles. The van der Waals surface area contributed by atoms with Crippen molar-refractivity contribution < 1.29 is 9.53 Å². The number of hydrogen-bond acceptors (Lipinski definition) is 3. The molecule has 21 heavy (non-hydrogen) atoms. The zero-order chi connectivity index (χ0) is 14.4. The number of ketones is 1. The van der Waals surface area contributed by atoms with E-state index in [1.165, 1.54) is 0 Å². The number of aryl methyl sites for hydroxylation is 1. The number of para-hydroxylation sites is 1. The molecule has 108 valence electrons. The van der Waals surface area contributed by atoms with Crippen molar-refractivity contribution in [3.8, 4) is 5.75 Å². The molecule has 1 heterocycles. The van der Waals surface area contributed by atoms with E-state index < -0.39 is 0 Å². The Morgan fingerprint density at radius 2 is 2.00 bits per heavy atom. The molecule has 0 radical (unpaired) electrons. The van der Waals surface area contributed by atoms with E-state index in [2.05, 4.69) is 11.1 Å². The highest BCUT2D eigenvalue weighted by Crippen LogP contribution is 2.52. The predicted octanol–water partition coefficient (Wildman–Crippen LogP) is 3.82. The number of ether oxygens (including phenoxy) is 1. The van der Waals surface area contributed by atoms with Crippen LogP contribution in [0.15, 0.2) is 30.3 Å². The van der Waals surface area contributed by atoms with Gasteiger partial charge in [-0.15, -0.1) is 0 Å². The van der Waals surface area contributed by atoms with Gasteiger partial charge in [-0.2, -0.15) is 0 Å². The molecule has 2 fully saturated rings. The van der Waals surface area contributed by atoms with Crippen LogP contribution in [0.4, 0.5) is 0 Å². The molecule has 3 heteroatoms. The molecule has 2 saturated carbocycles. The molecule has 3 nitrogen and oxygen atoms in total. The van der Waals surface area contributed by atoms with Gasteiger partial charge in [0.2, 0.25) is 0 Å². The molecule has 4 rings (SSSR count). The van der Waals surface area contributed by atoms with Crippen molar-refractivity contribution in [3.63, 3.8) is 0 Å². The number of nitrogens with zero attached hydrogens (tertiary/aromatic N) is 1. The minimum absolute atomic E-state index is 0.0420. The number of hydrogen-bond donors (Lipinski definition) is 0. The second-order valence-electron chi connectivity index (χ2n) is 6.38. The van der Waals surface area contributed by atoms with E-state index >= 15 is 0 Å². The van der Waals surface area contributed by atoms with E-state index in [1.54, 1.807) is 0 Å². The summed E-state index contributed by atoms with van der Waals surface area (Å²) >= 11 is 0. The van der Waals surface area contributed by atoms with Crippen LogP contribution in [0.3, 0.4) is 0 Å². The van der Waals surface area contributed by atoms with Crippen LogP contribution in [-0.2, 0) is 4.79 Å². The number of aromatic nitrogens is 1. The van der Waals surface area contributed by atoms with Gasteiger partial charge in [-0.25, -0.2) is 4.98 Å². The summed E-state index contributed by atoms with van der Waals surface area (Å²) in [5.41, 5.74) is 1.70. The first-order valence-electron chi connectivity index (χ1n) is 7.75. The minimum atomic E-state index is -0.189. The predicted molar refractivity (Wildman–Crippen MR) is 81.4 cm³/mol. The smallest absolute Gasteiger partial charge is 0.146 e. The molecule has 1 atom stereocenters. The molecule has 0 N–H and O–H groups in total. The topological polar surface area (TPSA) is 39.2 Å². The monoisotopic (exact) mass is 281 g/mol. The van der Waals surface area contributed by atoms with Gasteiger partial charge < -0.3 is 4.74 Å². The summed E-state index contributed by atoms with van der Waals surface area (Å²) in [7, 11) is 0. The van der Waals surface area contributed by atoms with Crippen LogP contribution in [0.25, 0.3) is 10.9 Å². The number of rotatable bonds is 2. The van der Waals surface area contributed by atoms with E-state index in [0.29, 0.717) is 12.2 Å². The Morgan fingerprint density at radius 1 is 1.19 bits per heavy atom. The number of Topliss-reactive ketones (excluding diaryl/α,β-unsaturated/α-hetero) is 1. The molecule has 0 bridgehead atoms. The van der Waals surface area contributed by atoms with E-state index in [4.69, 9.17) is 4.74 Å². The summed E-state index contributed by atoms with van der Waals surface area (Å²) < 4.78 is 6.24. The van der Waals surface area contributed by atoms with Gasteiger partial charge in [0, 0.05) is 17.5 Å². The third kappa shape index (κ3) is 1.87. The van der Waals surface area contributed by atoms with Crippen molar-refractivity contribution >= 4 is 16.7 Å². The summed E-state index contributed by atoms with van der Waals surface area (Å²) in [5.74, 6) is 1.22. The SMILES string of the molecule is Cc1ccc2cccc(OC3CC(=O)C34CCCC4)c2n1. The van der Waals surface area contributed by atoms with Crippen LogP contribution in [0.5, 0.6) is 5.75 Å². The second-order valence-corrected chi connectivity index (χ2v) is 6.38. The van der Waals surface area contributed by atoms with E-state index in [9.17, 15) is 4.79 Å². The van der Waals surface area contributed by atoms with Gasteiger partial charge in [-0.1, -0.05) is 31.0 Å². The second kappa shape index (κ2) is 4.55. The number of pyridine rings is 1. The number of carbonyl (C=O) groups excluding carboxylic acids is 1. The zero-order valence-corrected chi connectivity index (χ0v) is 12.3. The van der Waals surface area contributed by atoms with Crippen molar-refractivity contribution in [2.45, 2.75) is 45.1 Å². The Morgan fingerprint density at radius 3 is 2.76 bits per heavy atom. The van der Waals surface area contributed by atoms with Crippen molar-refractivity contribution in [3.05, 3.63) is 36.0 Å². The van der Waals surface area contributed by atoms with Crippen LogP contribution in [-0.4, -0.2) is 16.9 Å². The molecule has 1 aromatic carbocycles. The van der Waals surface area contributed by atoms with Crippen LogP contribution < -0.4 is 4.74 Å². The maximum Gasteiger partial charge on any atom is 0.146 e. The molecule has 0 saturated heterocycles. The van der Waals surface area contributed by atoms with Crippen LogP contribution in [0, 0.1) is 12.3 Å². The lowest BCUT2D eigenvalue weighted by Gasteiger charge is -2.44. The molecule has 1 spiro atoms. The zero-order valence-electron chi connectivity index (χ0n) is 12.3. The van der Waals surface area contributed by atoms with Crippen molar-refractivity contribution in [2.24, 2.45) is 5.41 Å². The van der Waals surface area contributed by atoms with E-state index in [1.807, 2.05) is 31.2 Å². The Balaban J connectivity index is 1.69. The van der Waals surface area contributed by atoms with Crippen LogP contribution >= 0.6 is 0 Å². The Hall–Kier alpha value is -1.90. The van der Waals surface area contributed by atoms with Gasteiger partial charge in [0.05, 0.1) is 5.41 Å². The van der Waals surface area contributed by atoms with Crippen LogP contribution in [0.2, 0.25) is 0 Å². The van der Waals surface area contributed by atoms with Gasteiger partial charge in [0.1, 0.15) is 23.2 Å². The number of carbonyl (C=O) groups is 1. The van der Waals surface area contributed by atoms with Gasteiger partial charge in [-0.05, 0) is 31.9 Å². The summed E-state index contributed by atoms with van der Waals surface area (Å²) in [5, 5.41) is 1.09. The summed E-state index contributed by atoms with van der Waals surface area (Å²) in [6.45, 7) is 1.99. The molecule has 2 aromatic rings. The van der Waals surface area contributed by atoms with E-state index in [-0.39, 0.29) is 11.5 Å². The highest BCUT2D eigenvalue weighted by atomic mass is 16.5. The largest absolute Gasteiger partial charge is 0.487 e. The lowest BCUT2D eigenvalue weighted by Crippen LogP contribution is -2.55. The lowest BCUT2D eigenvalue weighted by atomic mass is 9.63. The normalized spacial score (nSPS) is 23.5. The number of benzene rings is 1. The lowest BCUT2D eigenvalue weighted by molar-refractivity contribution is -0.151. The molecular weight excluding hydrogens is 262 g/mol. The van der Waals surface area contributed by atoms with Crippen molar-refractivity contribution in [2.75, 3.05) is 0 Å². The minimum Gasteiger partial charge on any atom is -0.487 e. The Bertz CT molecular complexity index is 716. The highest BCUT2D eigenvalue weighted by Gasteiger charge is 2.57. The fourth-order valence-corrected chi connectivity index (χ4v) is 3.84. The number of fused-ring (bicyclic) bond motifs is 1. The van der Waals surface area contributed by atoms with Gasteiger partial charge >= 0.3 is 0 Å². The quantitative estimate of drug-likeness (QED) is 0.840. The molecule has 0 amide bonds. The third-order valence-corrected chi connectivity index (χ3v) is 5.13. The molecule has 1 aromatic heterocycles. The maximum atomic E-state index is 12.1. The summed E-state index contributed by atoms with van der Waals surface area (Å²) in [4.78, 5) is 16.7. The Kier molecular flexibility index (Phi) is 2.78. The molecule has 0 aliphatic heterocycles. The van der Waals surface area contributed by atoms with E-state index in [0.717, 1.165) is 48.0 Å². The van der Waals surface area contributed by atoms with Crippen molar-refractivity contribution in [1.29, 1.82) is 0 Å². The van der Waals surface area contributed by atoms with Gasteiger partial charge in [0.25, 0.3) is 0 Å².